The van der Waals surface area contributed by atoms with E-state index in [1.165, 1.54) is 11.3 Å². The van der Waals surface area contributed by atoms with Crippen molar-refractivity contribution in [1.29, 1.82) is 0 Å². The number of para-hydroxylation sites is 2. The Morgan fingerprint density at radius 2 is 2.20 bits per heavy atom. The van der Waals surface area contributed by atoms with Crippen molar-refractivity contribution in [3.8, 4) is 5.75 Å². The third-order valence-electron chi connectivity index (χ3n) is 2.60. The quantitative estimate of drug-likeness (QED) is 0.844. The second-order valence-corrected chi connectivity index (χ2v) is 6.01. The molecule has 1 N–H and O–H groups in total. The highest BCUT2D eigenvalue weighted by atomic mass is 35.5. The Labute approximate surface area is 127 Å². The summed E-state index contributed by atoms with van der Waals surface area (Å²) >= 11 is 7.28. The fraction of sp³-hybridized carbons (Fsp3) is 0.357. The number of anilines is 1. The van der Waals surface area contributed by atoms with Gasteiger partial charge in [-0.15, -0.1) is 11.3 Å². The lowest BCUT2D eigenvalue weighted by molar-refractivity contribution is 0.0925. The molecule has 0 aliphatic carbocycles. The average molecular weight is 313 g/mol. The molecule has 108 valence electrons. The zero-order valence-corrected chi connectivity index (χ0v) is 13.0. The summed E-state index contributed by atoms with van der Waals surface area (Å²) in [6.45, 7) is 3.20. The van der Waals surface area contributed by atoms with Crippen molar-refractivity contribution in [3.05, 3.63) is 39.8 Å². The summed E-state index contributed by atoms with van der Waals surface area (Å²) in [5.74, 6) is 0.813. The minimum absolute atomic E-state index is 0.000740. The van der Waals surface area contributed by atoms with E-state index in [0.29, 0.717) is 17.6 Å². The monoisotopic (exact) mass is 312 g/mol. The maximum absolute atomic E-state index is 5.85. The summed E-state index contributed by atoms with van der Waals surface area (Å²) in [6.07, 6.45) is 1.78. The van der Waals surface area contributed by atoms with Crippen LogP contribution in [0.2, 0.25) is 4.47 Å². The summed E-state index contributed by atoms with van der Waals surface area (Å²) < 4.78 is 11.5. The number of rotatable bonds is 7. The normalized spacial score (nSPS) is 12.2. The number of nitrogens with one attached hydrogen (secondary N) is 1. The van der Waals surface area contributed by atoms with Gasteiger partial charge in [0.15, 0.2) is 4.47 Å². The largest absolute Gasteiger partial charge is 0.486 e. The molecule has 2 rings (SSSR count). The van der Waals surface area contributed by atoms with E-state index in [0.717, 1.165) is 16.3 Å². The van der Waals surface area contributed by atoms with Gasteiger partial charge in [0, 0.05) is 18.2 Å². The van der Waals surface area contributed by atoms with Crippen LogP contribution in [0.25, 0.3) is 0 Å². The molecule has 0 amide bonds. The molecule has 4 nitrogen and oxygen atoms in total. The minimum Gasteiger partial charge on any atom is -0.486 e. The number of benzene rings is 1. The molecule has 20 heavy (non-hydrogen) atoms. The van der Waals surface area contributed by atoms with Crippen molar-refractivity contribution in [2.75, 3.05) is 19.0 Å². The Hall–Kier alpha value is -1.30. The van der Waals surface area contributed by atoms with Gasteiger partial charge in [-0.1, -0.05) is 23.7 Å². The van der Waals surface area contributed by atoms with Gasteiger partial charge in [-0.25, -0.2) is 4.98 Å². The van der Waals surface area contributed by atoms with Gasteiger partial charge in [0.2, 0.25) is 0 Å². The average Bonchev–Trinajstić information content (AvgIpc) is 2.84. The van der Waals surface area contributed by atoms with Crippen molar-refractivity contribution < 1.29 is 9.47 Å². The van der Waals surface area contributed by atoms with Crippen LogP contribution in [-0.4, -0.2) is 24.8 Å². The van der Waals surface area contributed by atoms with E-state index in [1.807, 2.05) is 31.2 Å². The molecule has 1 atom stereocenters. The summed E-state index contributed by atoms with van der Waals surface area (Å²) in [6, 6.07) is 7.84. The van der Waals surface area contributed by atoms with Crippen LogP contribution < -0.4 is 10.1 Å². The number of nitrogens with zero attached hydrogens (tertiary/aromatic N) is 1. The van der Waals surface area contributed by atoms with Gasteiger partial charge in [0.25, 0.3) is 0 Å². The smallest absolute Gasteiger partial charge is 0.183 e. The zero-order chi connectivity index (χ0) is 14.4. The van der Waals surface area contributed by atoms with Crippen molar-refractivity contribution in [2.45, 2.75) is 19.6 Å². The van der Waals surface area contributed by atoms with Crippen molar-refractivity contribution in [2.24, 2.45) is 0 Å². The van der Waals surface area contributed by atoms with E-state index in [-0.39, 0.29) is 6.10 Å². The Morgan fingerprint density at radius 1 is 1.40 bits per heavy atom. The summed E-state index contributed by atoms with van der Waals surface area (Å²) in [5, 5.41) is 3.34. The lowest BCUT2D eigenvalue weighted by Crippen LogP contribution is -2.18. The van der Waals surface area contributed by atoms with E-state index >= 15 is 0 Å². The number of aromatic nitrogens is 1. The molecule has 0 bridgehead atoms. The van der Waals surface area contributed by atoms with Crippen LogP contribution in [0.1, 0.15) is 11.8 Å². The summed E-state index contributed by atoms with van der Waals surface area (Å²) in [7, 11) is 1.66. The number of hydrogen-bond donors (Lipinski definition) is 1. The Kier molecular flexibility index (Phi) is 5.64. The van der Waals surface area contributed by atoms with Gasteiger partial charge in [-0.3, -0.25) is 0 Å². The predicted octanol–water partition coefficient (Wildman–Crippen LogP) is 3.82. The first-order valence-corrected chi connectivity index (χ1v) is 7.47. The zero-order valence-electron chi connectivity index (χ0n) is 11.4. The van der Waals surface area contributed by atoms with Crippen LogP contribution in [0, 0.1) is 0 Å². The maximum Gasteiger partial charge on any atom is 0.183 e. The molecule has 0 aliphatic heterocycles. The van der Waals surface area contributed by atoms with Crippen LogP contribution in [0.3, 0.4) is 0 Å². The molecule has 1 heterocycles. The molecule has 0 saturated heterocycles. The second-order valence-electron chi connectivity index (χ2n) is 4.31. The van der Waals surface area contributed by atoms with Crippen molar-refractivity contribution >= 4 is 28.6 Å². The highest BCUT2D eigenvalue weighted by molar-refractivity contribution is 7.15. The van der Waals surface area contributed by atoms with Gasteiger partial charge in [-0.2, -0.15) is 0 Å². The van der Waals surface area contributed by atoms with E-state index in [2.05, 4.69) is 10.3 Å². The van der Waals surface area contributed by atoms with Crippen LogP contribution >= 0.6 is 22.9 Å². The first kappa shape index (κ1) is 15.1. The molecule has 0 fully saturated rings. The minimum atomic E-state index is 0.000740. The topological polar surface area (TPSA) is 43.4 Å². The number of methoxy groups -OCH3 is 1. The molecule has 1 unspecified atom stereocenters. The van der Waals surface area contributed by atoms with Gasteiger partial charge in [0.1, 0.15) is 11.9 Å². The fourth-order valence-corrected chi connectivity index (χ4v) is 2.67. The Balaban J connectivity index is 2.00. The van der Waals surface area contributed by atoms with E-state index in [4.69, 9.17) is 21.1 Å². The third-order valence-corrected chi connectivity index (χ3v) is 3.71. The second kappa shape index (κ2) is 7.47. The first-order valence-electron chi connectivity index (χ1n) is 6.27. The van der Waals surface area contributed by atoms with Gasteiger partial charge >= 0.3 is 0 Å². The molecule has 0 radical (unpaired) electrons. The van der Waals surface area contributed by atoms with Gasteiger partial charge in [0.05, 0.1) is 18.8 Å². The van der Waals surface area contributed by atoms with E-state index < -0.39 is 0 Å². The summed E-state index contributed by atoms with van der Waals surface area (Å²) in [4.78, 5) is 5.10. The molecular weight excluding hydrogens is 296 g/mol. The maximum atomic E-state index is 5.85. The molecule has 6 heteroatoms. The molecule has 1 aromatic carbocycles. The number of thiazole rings is 1. The predicted molar refractivity (Wildman–Crippen MR) is 82.9 cm³/mol. The fourth-order valence-electron chi connectivity index (χ4n) is 1.75. The van der Waals surface area contributed by atoms with Gasteiger partial charge < -0.3 is 14.8 Å². The number of ether oxygens (including phenoxy) is 2. The van der Waals surface area contributed by atoms with Crippen LogP contribution in [-0.2, 0) is 11.3 Å². The van der Waals surface area contributed by atoms with Crippen LogP contribution in [0.5, 0.6) is 5.75 Å². The molecule has 1 aromatic heterocycles. The Morgan fingerprint density at radius 3 is 2.90 bits per heavy atom. The molecule has 0 spiro atoms. The Bertz CT molecular complexity index is 547. The number of hydrogen-bond acceptors (Lipinski definition) is 5. The highest BCUT2D eigenvalue weighted by Crippen LogP contribution is 2.26. The standard InChI is InChI=1S/C14H17ClN2O2S/c1-10(9-18-2)19-13-6-4-3-5-12(13)16-7-11-8-17-14(15)20-11/h3-6,8,10,16H,7,9H2,1-2H3. The van der Waals surface area contributed by atoms with Crippen molar-refractivity contribution in [1.82, 2.24) is 4.98 Å². The van der Waals surface area contributed by atoms with Gasteiger partial charge in [-0.05, 0) is 19.1 Å². The molecular formula is C14H17ClN2O2S. The summed E-state index contributed by atoms with van der Waals surface area (Å²) in [5.41, 5.74) is 0.944. The third kappa shape index (κ3) is 4.37. The SMILES string of the molecule is COCC(C)Oc1ccccc1NCc1cnc(Cl)s1. The van der Waals surface area contributed by atoms with Crippen molar-refractivity contribution in [3.63, 3.8) is 0 Å². The highest BCUT2D eigenvalue weighted by Gasteiger charge is 2.08. The molecule has 0 saturated carbocycles. The van der Waals surface area contributed by atoms with E-state index in [9.17, 15) is 0 Å². The molecule has 2 aromatic rings. The van der Waals surface area contributed by atoms with E-state index in [1.54, 1.807) is 13.3 Å². The first-order chi connectivity index (χ1) is 9.69. The lowest BCUT2D eigenvalue weighted by Gasteiger charge is -2.17. The lowest BCUT2D eigenvalue weighted by atomic mass is 10.3. The number of halogens is 1. The van der Waals surface area contributed by atoms with Crippen LogP contribution in [0.15, 0.2) is 30.5 Å². The van der Waals surface area contributed by atoms with Crippen LogP contribution in [0.4, 0.5) is 5.69 Å². The molecule has 0 aliphatic rings.